The highest BCUT2D eigenvalue weighted by Gasteiger charge is 2.50. The molecule has 10 atom stereocenters. The van der Waals surface area contributed by atoms with Crippen LogP contribution in [-0.4, -0.2) is 127 Å². The van der Waals surface area contributed by atoms with Gasteiger partial charge in [-0.1, -0.05) is 0 Å². The van der Waals surface area contributed by atoms with Crippen molar-refractivity contribution in [3.63, 3.8) is 0 Å². The fraction of sp³-hybridized carbons (Fsp3) is 0.875. The van der Waals surface area contributed by atoms with Gasteiger partial charge in [0.2, 0.25) is 0 Å². The summed E-state index contributed by atoms with van der Waals surface area (Å²) >= 11 is 0. The van der Waals surface area contributed by atoms with E-state index < -0.39 is 99.4 Å². The Labute approximate surface area is 169 Å². The van der Waals surface area contributed by atoms with Crippen LogP contribution in [0.25, 0.3) is 0 Å². The van der Waals surface area contributed by atoms with Crippen molar-refractivity contribution < 1.29 is 69.4 Å². The van der Waals surface area contributed by atoms with Crippen LogP contribution >= 0.6 is 0 Å². The topological polar surface area (TPSA) is 233 Å². The van der Waals surface area contributed by atoms with Crippen molar-refractivity contribution in [2.75, 3.05) is 13.2 Å². The van der Waals surface area contributed by atoms with Crippen LogP contribution in [0, 0.1) is 0 Å². The second-order valence-corrected chi connectivity index (χ2v) is 6.92. The molecule has 8 N–H and O–H groups in total. The van der Waals surface area contributed by atoms with Crippen molar-refractivity contribution in [2.24, 2.45) is 0 Å². The number of carbonyl (C=O) groups excluding carboxylic acids is 1. The molecule has 0 aromatic rings. The van der Waals surface area contributed by atoms with Gasteiger partial charge in [-0.3, -0.25) is 9.59 Å². The minimum Gasteiger partial charge on any atom is -0.481 e. The Morgan fingerprint density at radius 3 is 2.07 bits per heavy atom. The maximum Gasteiger partial charge on any atom is 0.306 e. The van der Waals surface area contributed by atoms with E-state index in [1.54, 1.807) is 0 Å². The Bertz CT molecular complexity index is 584. The van der Waals surface area contributed by atoms with E-state index in [1.165, 1.54) is 0 Å². The number of esters is 1. The highest BCUT2D eigenvalue weighted by atomic mass is 16.7. The predicted octanol–water partition coefficient (Wildman–Crippen LogP) is -4.98. The maximum atomic E-state index is 11.5. The van der Waals surface area contributed by atoms with Crippen LogP contribution in [0.3, 0.4) is 0 Å². The third-order valence-corrected chi connectivity index (χ3v) is 4.75. The summed E-state index contributed by atoms with van der Waals surface area (Å²) in [5, 5.41) is 77.4. The third-order valence-electron chi connectivity index (χ3n) is 4.75. The first kappa shape index (κ1) is 24.8. The van der Waals surface area contributed by atoms with Crippen LogP contribution in [0.4, 0.5) is 0 Å². The molecule has 174 valence electrons. The largest absolute Gasteiger partial charge is 0.481 e. The van der Waals surface area contributed by atoms with E-state index in [9.17, 15) is 45.3 Å². The molecular formula is C16H26O14. The van der Waals surface area contributed by atoms with E-state index in [1.807, 2.05) is 0 Å². The molecule has 30 heavy (non-hydrogen) atoms. The standard InChI is InChI=1S/C16H26O14/c17-3-5-14(11(23)12(24)15(26)28-5)30-16-13(25)10(22)9(21)6(29-16)4-27-8(20)2-1-7(18)19/h5-6,9-17,21-26H,1-4H2,(H,18,19)/t5-,6-,9+,10+,11-,12-,13-,14-,15+,16+/m1/s1. The molecule has 2 rings (SSSR count). The Morgan fingerprint density at radius 1 is 0.800 bits per heavy atom. The van der Waals surface area contributed by atoms with Gasteiger partial charge in [-0.05, 0) is 0 Å². The first-order chi connectivity index (χ1) is 14.1. The molecule has 2 fully saturated rings. The van der Waals surface area contributed by atoms with Crippen LogP contribution in [-0.2, 0) is 28.5 Å². The Kier molecular flexibility index (Phi) is 8.86. The van der Waals surface area contributed by atoms with Crippen molar-refractivity contribution in [2.45, 2.75) is 74.3 Å². The molecule has 0 aromatic carbocycles. The summed E-state index contributed by atoms with van der Waals surface area (Å²) in [7, 11) is 0. The molecule has 0 amide bonds. The number of rotatable bonds is 8. The van der Waals surface area contributed by atoms with E-state index in [4.69, 9.17) is 24.1 Å². The number of carboxylic acid groups (broad SMARTS) is 1. The number of ether oxygens (including phenoxy) is 4. The number of aliphatic carboxylic acids is 1. The molecule has 0 aromatic heterocycles. The van der Waals surface area contributed by atoms with Crippen LogP contribution in [0.2, 0.25) is 0 Å². The number of aliphatic hydroxyl groups excluding tert-OH is 7. The minimum atomic E-state index is -1.84. The first-order valence-corrected chi connectivity index (χ1v) is 9.09. The lowest BCUT2D eigenvalue weighted by molar-refractivity contribution is -0.355. The minimum absolute atomic E-state index is 0.437. The zero-order chi connectivity index (χ0) is 22.6. The van der Waals surface area contributed by atoms with Gasteiger partial charge >= 0.3 is 11.9 Å². The Hall–Kier alpha value is -1.46. The molecule has 0 unspecified atom stereocenters. The molecule has 2 saturated heterocycles. The highest BCUT2D eigenvalue weighted by molar-refractivity contribution is 5.76. The van der Waals surface area contributed by atoms with Gasteiger partial charge in [0.15, 0.2) is 12.6 Å². The summed E-state index contributed by atoms with van der Waals surface area (Å²) in [5.74, 6) is -2.12. The molecule has 0 bridgehead atoms. The smallest absolute Gasteiger partial charge is 0.306 e. The molecule has 0 radical (unpaired) electrons. The van der Waals surface area contributed by atoms with Crippen LogP contribution in [0.15, 0.2) is 0 Å². The number of hydrogen-bond acceptors (Lipinski definition) is 13. The SMILES string of the molecule is O=C(O)CCC(=O)OC[C@H]1O[C@@H](O[C@H]2[C@H](O)[C@@H](O)[C@@H](O)O[C@@H]2CO)[C@H](O)[C@@H](O)[C@H]1O. The van der Waals surface area contributed by atoms with E-state index in [0.717, 1.165) is 0 Å². The van der Waals surface area contributed by atoms with Crippen molar-refractivity contribution in [3.05, 3.63) is 0 Å². The van der Waals surface area contributed by atoms with E-state index in [-0.39, 0.29) is 0 Å². The lowest BCUT2D eigenvalue weighted by atomic mass is 9.97. The van der Waals surface area contributed by atoms with E-state index >= 15 is 0 Å². The van der Waals surface area contributed by atoms with Crippen molar-refractivity contribution in [1.29, 1.82) is 0 Å². The van der Waals surface area contributed by atoms with Gasteiger partial charge in [-0.15, -0.1) is 0 Å². The molecule has 2 aliphatic heterocycles. The zero-order valence-electron chi connectivity index (χ0n) is 15.6. The van der Waals surface area contributed by atoms with Gasteiger partial charge in [0, 0.05) is 0 Å². The van der Waals surface area contributed by atoms with Crippen molar-refractivity contribution in [1.82, 2.24) is 0 Å². The van der Waals surface area contributed by atoms with Crippen LogP contribution in [0.5, 0.6) is 0 Å². The first-order valence-electron chi connectivity index (χ1n) is 9.09. The second kappa shape index (κ2) is 10.7. The van der Waals surface area contributed by atoms with Gasteiger partial charge in [0.25, 0.3) is 0 Å². The average molecular weight is 442 g/mol. The number of hydrogen-bond donors (Lipinski definition) is 8. The molecular weight excluding hydrogens is 416 g/mol. The Balaban J connectivity index is 2.02. The van der Waals surface area contributed by atoms with Crippen LogP contribution < -0.4 is 0 Å². The third kappa shape index (κ3) is 5.82. The molecule has 0 spiro atoms. The lowest BCUT2D eigenvalue weighted by Crippen LogP contribution is -2.64. The summed E-state index contributed by atoms with van der Waals surface area (Å²) in [4.78, 5) is 22.0. The van der Waals surface area contributed by atoms with Crippen molar-refractivity contribution >= 4 is 11.9 Å². The highest BCUT2D eigenvalue weighted by Crippen LogP contribution is 2.28. The quantitative estimate of drug-likeness (QED) is 0.164. The van der Waals surface area contributed by atoms with Gasteiger partial charge in [0.05, 0.1) is 19.4 Å². The molecule has 0 aliphatic carbocycles. The number of aliphatic hydroxyl groups is 7. The van der Waals surface area contributed by atoms with E-state index in [0.29, 0.717) is 0 Å². The summed E-state index contributed by atoms with van der Waals surface area (Å²) in [5.41, 5.74) is 0. The van der Waals surface area contributed by atoms with Gasteiger partial charge in [-0.2, -0.15) is 0 Å². The molecule has 14 nitrogen and oxygen atoms in total. The number of carboxylic acids is 1. The second-order valence-electron chi connectivity index (χ2n) is 6.92. The molecule has 14 heteroatoms. The molecule has 2 aliphatic rings. The maximum absolute atomic E-state index is 11.5. The zero-order valence-corrected chi connectivity index (χ0v) is 15.6. The normalized spacial score (nSPS) is 42.0. The summed E-state index contributed by atoms with van der Waals surface area (Å²) in [6.07, 6.45) is -17.6. The predicted molar refractivity (Wildman–Crippen MR) is 89.4 cm³/mol. The average Bonchev–Trinajstić information content (AvgIpc) is 2.71. The van der Waals surface area contributed by atoms with E-state index in [2.05, 4.69) is 0 Å². The van der Waals surface area contributed by atoms with Crippen LogP contribution in [0.1, 0.15) is 12.8 Å². The molecule has 0 saturated carbocycles. The monoisotopic (exact) mass is 442 g/mol. The fourth-order valence-corrected chi connectivity index (χ4v) is 3.01. The summed E-state index contributed by atoms with van der Waals surface area (Å²) in [6, 6.07) is 0. The lowest BCUT2D eigenvalue weighted by Gasteiger charge is -2.45. The molecule has 2 heterocycles. The summed E-state index contributed by atoms with van der Waals surface area (Å²) < 4.78 is 20.3. The number of carbonyl (C=O) groups is 2. The fourth-order valence-electron chi connectivity index (χ4n) is 3.01. The van der Waals surface area contributed by atoms with Gasteiger partial charge in [-0.25, -0.2) is 0 Å². The van der Waals surface area contributed by atoms with Gasteiger partial charge < -0.3 is 59.8 Å². The van der Waals surface area contributed by atoms with Gasteiger partial charge in [0.1, 0.15) is 55.4 Å². The van der Waals surface area contributed by atoms with Crippen molar-refractivity contribution in [3.8, 4) is 0 Å². The summed E-state index contributed by atoms with van der Waals surface area (Å²) in [6.45, 7) is -1.36. The Morgan fingerprint density at radius 2 is 1.47 bits per heavy atom.